The molecular weight excluding hydrogens is 455 g/mol. The van der Waals surface area contributed by atoms with Crippen molar-refractivity contribution in [2.24, 2.45) is 0 Å². The Kier molecular flexibility index (Phi) is 6.84. The van der Waals surface area contributed by atoms with Gasteiger partial charge >= 0.3 is 189 Å². The summed E-state index contributed by atoms with van der Waals surface area (Å²) in [7, 11) is 0. The summed E-state index contributed by atoms with van der Waals surface area (Å²) in [5, 5.41) is 0.847. The Bertz CT molecular complexity index is 867. The van der Waals surface area contributed by atoms with Crippen LogP contribution in [0, 0.1) is 0 Å². The number of halogens is 1. The molecular formula is C26H30BrO2P. The van der Waals surface area contributed by atoms with Crippen LogP contribution >= 0.6 is 20.8 Å². The summed E-state index contributed by atoms with van der Waals surface area (Å²) in [5.41, 5.74) is -0.463. The van der Waals surface area contributed by atoms with Crippen LogP contribution in [-0.2, 0) is 9.53 Å². The maximum atomic E-state index is 12.4. The minimum absolute atomic E-state index is 0.144. The predicted octanol–water partition coefficient (Wildman–Crippen LogP) is 5.95. The average molecular weight is 485 g/mol. The molecule has 0 aromatic heterocycles. The molecule has 0 heterocycles. The molecule has 0 N–H and O–H groups in total. The van der Waals surface area contributed by atoms with Crippen LogP contribution in [0.3, 0.4) is 0 Å². The van der Waals surface area contributed by atoms with E-state index in [0.717, 1.165) is 12.6 Å². The molecule has 0 bridgehead atoms. The van der Waals surface area contributed by atoms with Gasteiger partial charge in [0.1, 0.15) is 0 Å². The molecule has 0 aliphatic carbocycles. The number of rotatable bonds is 7. The van der Waals surface area contributed by atoms with Crippen LogP contribution in [0.15, 0.2) is 91.0 Å². The quantitative estimate of drug-likeness (QED) is 0.306. The van der Waals surface area contributed by atoms with Crippen LogP contribution in [0.1, 0.15) is 33.6 Å². The number of benzene rings is 3. The van der Waals surface area contributed by atoms with Gasteiger partial charge in [-0.05, 0) is 0 Å². The molecule has 3 rings (SSSR count). The van der Waals surface area contributed by atoms with Crippen molar-refractivity contribution in [3.8, 4) is 0 Å². The standard InChI is InChI=1S/C26H30BrO2P/c1-26(2,3)29-25(28)20-13-21-30(27,22-14-7-4-8-15-22,23-16-9-5-10-17-23)24-18-11-6-12-19-24/h4-12,14-19H,13,20-21H2,1-3H3. The number of hydrogen-bond donors (Lipinski definition) is 0. The zero-order valence-electron chi connectivity index (χ0n) is 17.9. The van der Waals surface area contributed by atoms with Crippen LogP contribution < -0.4 is 15.9 Å². The van der Waals surface area contributed by atoms with Crippen LogP contribution in [0.25, 0.3) is 0 Å². The number of esters is 1. The van der Waals surface area contributed by atoms with E-state index in [1.165, 1.54) is 15.9 Å². The average Bonchev–Trinajstić information content (AvgIpc) is 2.74. The third-order valence-corrected chi connectivity index (χ3v) is 15.3. The Morgan fingerprint density at radius 2 is 1.13 bits per heavy atom. The zero-order chi connectivity index (χ0) is 21.7. The van der Waals surface area contributed by atoms with E-state index in [1.54, 1.807) is 0 Å². The van der Waals surface area contributed by atoms with E-state index in [2.05, 4.69) is 88.3 Å². The number of carbonyl (C=O) groups is 1. The van der Waals surface area contributed by atoms with Crippen molar-refractivity contribution in [3.05, 3.63) is 91.0 Å². The maximum absolute atomic E-state index is 12.4. The van der Waals surface area contributed by atoms with Crippen molar-refractivity contribution in [3.63, 3.8) is 0 Å². The normalized spacial score (nSPS) is 13.3. The number of carbonyl (C=O) groups excluding carboxylic acids is 1. The molecule has 0 saturated heterocycles. The molecule has 0 fully saturated rings. The second-order valence-corrected chi connectivity index (χ2v) is 17.7. The van der Waals surface area contributed by atoms with Crippen molar-refractivity contribution in [1.82, 2.24) is 0 Å². The minimum atomic E-state index is -2.96. The molecule has 0 unspecified atom stereocenters. The second kappa shape index (κ2) is 9.04. The monoisotopic (exact) mass is 484 g/mol. The summed E-state index contributed by atoms with van der Waals surface area (Å²) in [4.78, 5) is 12.4. The van der Waals surface area contributed by atoms with E-state index in [1.807, 2.05) is 39.0 Å². The molecule has 0 amide bonds. The Labute approximate surface area is 188 Å². The molecule has 0 atom stereocenters. The molecule has 0 saturated carbocycles. The Balaban J connectivity index is 2.10. The molecule has 30 heavy (non-hydrogen) atoms. The van der Waals surface area contributed by atoms with Crippen LogP contribution in [0.2, 0.25) is 0 Å². The molecule has 3 aromatic carbocycles. The van der Waals surface area contributed by atoms with E-state index in [9.17, 15) is 4.79 Å². The third-order valence-electron chi connectivity index (χ3n) is 5.26. The molecule has 0 radical (unpaired) electrons. The molecule has 4 heteroatoms. The van der Waals surface area contributed by atoms with Crippen LogP contribution in [0.4, 0.5) is 0 Å². The summed E-state index contributed by atoms with van der Waals surface area (Å²) in [6.45, 7) is 5.73. The van der Waals surface area contributed by atoms with E-state index < -0.39 is 10.9 Å². The summed E-state index contributed by atoms with van der Waals surface area (Å²) in [6.07, 6.45) is 1.97. The topological polar surface area (TPSA) is 26.3 Å². The zero-order valence-corrected chi connectivity index (χ0v) is 20.4. The fourth-order valence-corrected chi connectivity index (χ4v) is 11.6. The van der Waals surface area contributed by atoms with Crippen molar-refractivity contribution in [2.45, 2.75) is 39.2 Å². The Morgan fingerprint density at radius 3 is 1.47 bits per heavy atom. The van der Waals surface area contributed by atoms with Crippen molar-refractivity contribution >= 4 is 42.7 Å². The SMILES string of the molecule is CC(C)(C)OC(=O)CCCP(Br)(c1ccccc1)(c1ccccc1)c1ccccc1. The molecule has 0 spiro atoms. The van der Waals surface area contributed by atoms with E-state index >= 15 is 0 Å². The van der Waals surface area contributed by atoms with Gasteiger partial charge in [-0.15, -0.1) is 0 Å². The van der Waals surface area contributed by atoms with Gasteiger partial charge in [-0.2, -0.15) is 0 Å². The molecule has 0 aliphatic heterocycles. The van der Waals surface area contributed by atoms with Gasteiger partial charge in [0.25, 0.3) is 0 Å². The predicted molar refractivity (Wildman–Crippen MR) is 134 cm³/mol. The molecule has 2 nitrogen and oxygen atoms in total. The van der Waals surface area contributed by atoms with Gasteiger partial charge in [0.2, 0.25) is 0 Å². The summed E-state index contributed by atoms with van der Waals surface area (Å²) in [6, 6.07) is 32.0. The van der Waals surface area contributed by atoms with Gasteiger partial charge in [-0.1, -0.05) is 0 Å². The summed E-state index contributed by atoms with van der Waals surface area (Å²) >= 11 is 4.41. The van der Waals surface area contributed by atoms with Gasteiger partial charge in [0, 0.05) is 0 Å². The van der Waals surface area contributed by atoms with E-state index in [0.29, 0.717) is 6.42 Å². The van der Waals surface area contributed by atoms with Crippen molar-refractivity contribution in [1.29, 1.82) is 0 Å². The van der Waals surface area contributed by atoms with Gasteiger partial charge in [-0.3, -0.25) is 0 Å². The molecule has 0 aliphatic rings. The second-order valence-electron chi connectivity index (χ2n) is 8.60. The first kappa shape index (κ1) is 22.7. The van der Waals surface area contributed by atoms with Crippen molar-refractivity contribution < 1.29 is 9.53 Å². The first-order valence-electron chi connectivity index (χ1n) is 10.4. The van der Waals surface area contributed by atoms with Gasteiger partial charge < -0.3 is 0 Å². The Morgan fingerprint density at radius 1 is 0.767 bits per heavy atom. The van der Waals surface area contributed by atoms with Crippen LogP contribution in [0.5, 0.6) is 0 Å². The van der Waals surface area contributed by atoms with Gasteiger partial charge in [0.15, 0.2) is 0 Å². The summed E-state index contributed by atoms with van der Waals surface area (Å²) < 4.78 is 5.56. The van der Waals surface area contributed by atoms with Gasteiger partial charge in [0.05, 0.1) is 0 Å². The fraction of sp³-hybridized carbons (Fsp3) is 0.269. The van der Waals surface area contributed by atoms with Gasteiger partial charge in [-0.25, -0.2) is 0 Å². The third kappa shape index (κ3) is 4.68. The van der Waals surface area contributed by atoms with E-state index in [-0.39, 0.29) is 5.97 Å². The molecule has 3 aromatic rings. The number of ether oxygens (including phenoxy) is 1. The molecule has 158 valence electrons. The van der Waals surface area contributed by atoms with Crippen LogP contribution in [-0.4, -0.2) is 17.7 Å². The summed E-state index contributed by atoms with van der Waals surface area (Å²) in [5.74, 6) is -0.144. The fourth-order valence-electron chi connectivity index (χ4n) is 3.96. The van der Waals surface area contributed by atoms with E-state index in [4.69, 9.17) is 4.74 Å². The Hall–Kier alpha value is -1.96. The van der Waals surface area contributed by atoms with Crippen molar-refractivity contribution in [2.75, 3.05) is 6.16 Å². The number of hydrogen-bond acceptors (Lipinski definition) is 2. The first-order valence-corrected chi connectivity index (χ1v) is 14.8. The first-order chi connectivity index (χ1) is 14.2.